The Morgan fingerprint density at radius 2 is 2.17 bits per heavy atom. The molecule has 1 aliphatic rings. The molecular formula is C14H18N2O5S2. The average molecular weight is 358 g/mol. The molecule has 0 spiro atoms. The first kappa shape index (κ1) is 17.8. The molecule has 0 aliphatic carbocycles. The van der Waals surface area contributed by atoms with Crippen molar-refractivity contribution in [1.29, 1.82) is 0 Å². The van der Waals surface area contributed by atoms with E-state index in [9.17, 15) is 24.6 Å². The molecule has 1 unspecified atom stereocenters. The predicted molar refractivity (Wildman–Crippen MR) is 87.6 cm³/mol. The van der Waals surface area contributed by atoms with E-state index in [1.165, 1.54) is 23.1 Å². The lowest BCUT2D eigenvalue weighted by atomic mass is 10.0. The van der Waals surface area contributed by atoms with Gasteiger partial charge in [0.2, 0.25) is 5.91 Å². The summed E-state index contributed by atoms with van der Waals surface area (Å²) in [6.07, 6.45) is 0.109. The van der Waals surface area contributed by atoms with Crippen LogP contribution >= 0.6 is 23.1 Å². The first-order chi connectivity index (χ1) is 10.9. The van der Waals surface area contributed by atoms with E-state index in [1.807, 2.05) is 11.4 Å². The molecule has 0 saturated carbocycles. The summed E-state index contributed by atoms with van der Waals surface area (Å²) in [5.41, 5.74) is 0. The van der Waals surface area contributed by atoms with Crippen molar-refractivity contribution in [2.24, 2.45) is 5.92 Å². The van der Waals surface area contributed by atoms with Gasteiger partial charge in [0.05, 0.1) is 11.8 Å². The molecule has 0 radical (unpaired) electrons. The lowest BCUT2D eigenvalue weighted by Gasteiger charge is -2.35. The molecular weight excluding hydrogens is 340 g/mol. The predicted octanol–water partition coefficient (Wildman–Crippen LogP) is 0.612. The van der Waals surface area contributed by atoms with Crippen molar-refractivity contribution in [3.05, 3.63) is 22.4 Å². The lowest BCUT2D eigenvalue weighted by molar-refractivity contribution is -0.144. The number of thiophene rings is 1. The van der Waals surface area contributed by atoms with Crippen LogP contribution in [-0.4, -0.2) is 51.3 Å². The summed E-state index contributed by atoms with van der Waals surface area (Å²) >= 11 is 2.73. The zero-order valence-corrected chi connectivity index (χ0v) is 14.0. The Morgan fingerprint density at radius 1 is 1.43 bits per heavy atom. The van der Waals surface area contributed by atoms with Crippen LogP contribution in [0.1, 0.15) is 11.8 Å². The maximum absolute atomic E-state index is 12.0. The highest BCUT2D eigenvalue weighted by Gasteiger charge is 2.39. The minimum Gasteiger partial charge on any atom is -0.480 e. The summed E-state index contributed by atoms with van der Waals surface area (Å²) in [6, 6.07) is 1.62. The van der Waals surface area contributed by atoms with Crippen molar-refractivity contribution >= 4 is 40.9 Å². The number of aliphatic carboxylic acids is 2. The van der Waals surface area contributed by atoms with E-state index in [0.717, 1.165) is 4.88 Å². The molecule has 4 atom stereocenters. The number of carbonyl (C=O) groups is 3. The van der Waals surface area contributed by atoms with Crippen molar-refractivity contribution < 1.29 is 24.6 Å². The normalized spacial score (nSPS) is 25.5. The summed E-state index contributed by atoms with van der Waals surface area (Å²) in [6.45, 7) is 1.79. The highest BCUT2D eigenvalue weighted by atomic mass is 32.2. The Kier molecular flexibility index (Phi) is 6.03. The van der Waals surface area contributed by atoms with Crippen LogP contribution in [0.3, 0.4) is 0 Å². The van der Waals surface area contributed by atoms with Crippen molar-refractivity contribution in [3.63, 3.8) is 0 Å². The van der Waals surface area contributed by atoms with E-state index in [1.54, 1.807) is 13.0 Å². The van der Waals surface area contributed by atoms with Crippen molar-refractivity contribution in [1.82, 2.24) is 10.6 Å². The van der Waals surface area contributed by atoms with Gasteiger partial charge < -0.3 is 15.5 Å². The second-order valence-corrected chi connectivity index (χ2v) is 7.56. The Hall–Kier alpha value is -1.58. The van der Waals surface area contributed by atoms with E-state index >= 15 is 0 Å². The molecule has 1 amide bonds. The van der Waals surface area contributed by atoms with Crippen LogP contribution in [-0.2, 0) is 20.8 Å². The summed E-state index contributed by atoms with van der Waals surface area (Å²) in [5, 5.41) is 25.0. The molecule has 1 aromatic heterocycles. The quantitative estimate of drug-likeness (QED) is 0.589. The monoisotopic (exact) mass is 358 g/mol. The maximum atomic E-state index is 12.0. The number of carboxylic acids is 2. The molecule has 1 fully saturated rings. The minimum atomic E-state index is -1.19. The van der Waals surface area contributed by atoms with Crippen LogP contribution < -0.4 is 10.6 Å². The molecule has 4 N–H and O–H groups in total. The molecule has 2 heterocycles. The molecule has 7 nitrogen and oxygen atoms in total. The third-order valence-corrected chi connectivity index (χ3v) is 5.88. The van der Waals surface area contributed by atoms with E-state index in [-0.39, 0.29) is 12.3 Å². The molecule has 126 valence electrons. The topological polar surface area (TPSA) is 116 Å². The van der Waals surface area contributed by atoms with E-state index in [2.05, 4.69) is 10.6 Å². The van der Waals surface area contributed by atoms with Crippen LogP contribution in [0.2, 0.25) is 0 Å². The molecule has 9 heteroatoms. The molecule has 1 aliphatic heterocycles. The van der Waals surface area contributed by atoms with Gasteiger partial charge in [-0.1, -0.05) is 13.0 Å². The fourth-order valence-corrected chi connectivity index (χ4v) is 4.34. The third-order valence-electron chi connectivity index (χ3n) is 3.52. The fourth-order valence-electron chi connectivity index (χ4n) is 2.31. The Morgan fingerprint density at radius 3 is 2.74 bits per heavy atom. The summed E-state index contributed by atoms with van der Waals surface area (Å²) in [5.74, 6) is -2.21. The van der Waals surface area contributed by atoms with Gasteiger partial charge in [-0.3, -0.25) is 14.9 Å². The molecule has 23 heavy (non-hydrogen) atoms. The second-order valence-electron chi connectivity index (χ2n) is 5.35. The fraction of sp³-hybridized carbons (Fsp3) is 0.500. The SMILES string of the molecule is C[C@H]1CS[C@@H]([C@H](NC(=O)Cc2cccs2)C(=O)O)NC1C(=O)O. The largest absolute Gasteiger partial charge is 0.480 e. The Labute approximate surface area is 141 Å². The van der Waals surface area contributed by atoms with Gasteiger partial charge in [-0.05, 0) is 23.1 Å². The number of carbonyl (C=O) groups excluding carboxylic acids is 1. The Balaban J connectivity index is 2.01. The number of amides is 1. The van der Waals surface area contributed by atoms with Crippen LogP contribution in [0, 0.1) is 5.92 Å². The van der Waals surface area contributed by atoms with E-state index in [0.29, 0.717) is 5.75 Å². The van der Waals surface area contributed by atoms with E-state index in [4.69, 9.17) is 0 Å². The van der Waals surface area contributed by atoms with Gasteiger partial charge in [0.15, 0.2) is 6.04 Å². The van der Waals surface area contributed by atoms with Crippen LogP contribution in [0.5, 0.6) is 0 Å². The smallest absolute Gasteiger partial charge is 0.328 e. The van der Waals surface area contributed by atoms with Gasteiger partial charge in [0.25, 0.3) is 0 Å². The lowest BCUT2D eigenvalue weighted by Crippen LogP contribution is -2.60. The highest BCUT2D eigenvalue weighted by Crippen LogP contribution is 2.25. The summed E-state index contributed by atoms with van der Waals surface area (Å²) in [4.78, 5) is 35.6. The number of thioether (sulfide) groups is 1. The molecule has 1 aromatic rings. The molecule has 0 bridgehead atoms. The van der Waals surface area contributed by atoms with Crippen LogP contribution in [0.15, 0.2) is 17.5 Å². The summed E-state index contributed by atoms with van der Waals surface area (Å²) < 4.78 is 0. The number of rotatable bonds is 6. The molecule has 2 rings (SSSR count). The molecule has 0 aromatic carbocycles. The number of hydrogen-bond donors (Lipinski definition) is 4. The van der Waals surface area contributed by atoms with Crippen molar-refractivity contribution in [2.45, 2.75) is 30.8 Å². The zero-order chi connectivity index (χ0) is 17.0. The van der Waals surface area contributed by atoms with Gasteiger partial charge in [-0.2, -0.15) is 0 Å². The number of hydrogen-bond acceptors (Lipinski definition) is 6. The first-order valence-corrected chi connectivity index (χ1v) is 8.96. The van der Waals surface area contributed by atoms with Gasteiger partial charge in [0, 0.05) is 4.88 Å². The minimum absolute atomic E-state index is 0.109. The average Bonchev–Trinajstić information content (AvgIpc) is 2.97. The first-order valence-electron chi connectivity index (χ1n) is 7.03. The van der Waals surface area contributed by atoms with Gasteiger partial charge in [-0.25, -0.2) is 4.79 Å². The van der Waals surface area contributed by atoms with Crippen molar-refractivity contribution in [3.8, 4) is 0 Å². The van der Waals surface area contributed by atoms with Crippen LogP contribution in [0.4, 0.5) is 0 Å². The Bertz CT molecular complexity index is 578. The van der Waals surface area contributed by atoms with Gasteiger partial charge >= 0.3 is 11.9 Å². The van der Waals surface area contributed by atoms with Crippen molar-refractivity contribution in [2.75, 3.05) is 5.75 Å². The summed E-state index contributed by atoms with van der Waals surface area (Å²) in [7, 11) is 0. The standard InChI is InChI=1S/C14H18N2O5S2/c1-7-6-23-12(16-10(7)13(18)19)11(14(20)21)15-9(17)5-8-3-2-4-22-8/h2-4,7,10-12,16H,5-6H2,1H3,(H,15,17)(H,18,19)(H,20,21)/t7-,10?,11-,12-/m0/s1. The third kappa shape index (κ3) is 4.69. The van der Waals surface area contributed by atoms with E-state index < -0.39 is 35.3 Å². The number of nitrogens with one attached hydrogen (secondary N) is 2. The van der Waals surface area contributed by atoms with Gasteiger partial charge in [0.1, 0.15) is 6.04 Å². The number of carboxylic acid groups (broad SMARTS) is 2. The molecule has 1 saturated heterocycles. The van der Waals surface area contributed by atoms with Gasteiger partial charge in [-0.15, -0.1) is 23.1 Å². The second kappa shape index (κ2) is 7.80. The zero-order valence-electron chi connectivity index (χ0n) is 12.4. The maximum Gasteiger partial charge on any atom is 0.328 e. The highest BCUT2D eigenvalue weighted by molar-refractivity contribution is 8.00. The van der Waals surface area contributed by atoms with Crippen LogP contribution in [0.25, 0.3) is 0 Å².